The van der Waals surface area contributed by atoms with E-state index >= 15 is 0 Å². The van der Waals surface area contributed by atoms with E-state index in [-0.39, 0.29) is 29.0 Å². The lowest BCUT2D eigenvalue weighted by atomic mass is 10.1. The molecule has 20 heavy (non-hydrogen) atoms. The minimum atomic E-state index is -0.630. The molecule has 0 bridgehead atoms. The van der Waals surface area contributed by atoms with Gasteiger partial charge in [0.25, 0.3) is 0 Å². The molecule has 1 rings (SSSR count). The summed E-state index contributed by atoms with van der Waals surface area (Å²) in [4.78, 5) is 12.2. The maximum atomic E-state index is 13.0. The molecule has 1 unspecified atom stereocenters. The summed E-state index contributed by atoms with van der Waals surface area (Å²) in [5.74, 6) is 1.43. The molecule has 0 N–H and O–H groups in total. The highest BCUT2D eigenvalue weighted by Gasteiger charge is 2.61. The van der Waals surface area contributed by atoms with Gasteiger partial charge >= 0.3 is 5.97 Å². The second kappa shape index (κ2) is 6.26. The van der Waals surface area contributed by atoms with Crippen molar-refractivity contribution in [1.82, 2.24) is 0 Å². The monoisotopic (exact) mass is 278 g/mol. The van der Waals surface area contributed by atoms with Gasteiger partial charge in [0.1, 0.15) is 0 Å². The van der Waals surface area contributed by atoms with Crippen molar-refractivity contribution < 1.29 is 13.9 Å². The maximum Gasteiger partial charge on any atom is 0.311 e. The van der Waals surface area contributed by atoms with E-state index in [0.717, 1.165) is 12.0 Å². The minimum absolute atomic E-state index is 0.117. The number of halogens is 1. The summed E-state index contributed by atoms with van der Waals surface area (Å²) in [6.45, 7) is 9.09. The first-order valence-corrected chi connectivity index (χ1v) is 6.92. The van der Waals surface area contributed by atoms with Gasteiger partial charge in [-0.05, 0) is 43.3 Å². The molecule has 110 valence electrons. The fourth-order valence-electron chi connectivity index (χ4n) is 2.56. The highest BCUT2D eigenvalue weighted by atomic mass is 19.1. The molecular formula is C17H23FO2. The summed E-state index contributed by atoms with van der Waals surface area (Å²) in [5.41, 5.74) is 0.585. The fraction of sp³-hybridized carbons (Fsp3) is 0.588. The van der Waals surface area contributed by atoms with Gasteiger partial charge in [0, 0.05) is 0 Å². The number of ether oxygens (including phenoxy) is 1. The Labute approximate surface area is 121 Å². The molecule has 1 saturated carbocycles. The van der Waals surface area contributed by atoms with Crippen LogP contribution in [-0.4, -0.2) is 12.1 Å². The molecule has 1 aliphatic carbocycles. The lowest BCUT2D eigenvalue weighted by molar-refractivity contribution is -0.147. The third kappa shape index (κ3) is 3.50. The fourth-order valence-corrected chi connectivity index (χ4v) is 2.56. The Morgan fingerprint density at radius 2 is 2.10 bits per heavy atom. The summed E-state index contributed by atoms with van der Waals surface area (Å²) < 4.78 is 18.4. The van der Waals surface area contributed by atoms with Gasteiger partial charge in [0.15, 0.2) is 6.10 Å². The number of hydrogen-bond donors (Lipinski definition) is 0. The zero-order valence-electron chi connectivity index (χ0n) is 12.9. The first-order valence-electron chi connectivity index (χ1n) is 6.92. The Hall–Kier alpha value is -1.56. The molecule has 0 amide bonds. The standard InChI is InChI=1S/C17H23FO2/c1-7-9-11(3)14(8-2)20-16(19)15-13(10-12(4)18)17(15,5)6/h2,9-10,13-15H,7H2,1,3-6H3/t13-,14?,15+/m1/s1. The van der Waals surface area contributed by atoms with Crippen molar-refractivity contribution in [2.75, 3.05) is 0 Å². The van der Waals surface area contributed by atoms with E-state index in [1.165, 1.54) is 13.0 Å². The van der Waals surface area contributed by atoms with Gasteiger partial charge in [-0.1, -0.05) is 32.8 Å². The molecule has 1 aliphatic rings. The predicted molar refractivity (Wildman–Crippen MR) is 78.4 cm³/mol. The van der Waals surface area contributed by atoms with E-state index in [4.69, 9.17) is 11.2 Å². The molecule has 0 aliphatic heterocycles. The summed E-state index contributed by atoms with van der Waals surface area (Å²) >= 11 is 0. The number of rotatable bonds is 5. The van der Waals surface area contributed by atoms with Gasteiger partial charge in [-0.2, -0.15) is 0 Å². The van der Waals surface area contributed by atoms with Crippen LogP contribution in [0, 0.1) is 29.6 Å². The Bertz CT molecular complexity index is 476. The average molecular weight is 278 g/mol. The minimum Gasteiger partial charge on any atom is -0.444 e. The number of esters is 1. The summed E-state index contributed by atoms with van der Waals surface area (Å²) in [5, 5.41) is 0. The first kappa shape index (κ1) is 16.5. The molecule has 0 aromatic rings. The maximum absolute atomic E-state index is 13.0. The van der Waals surface area contributed by atoms with Gasteiger partial charge in [-0.15, -0.1) is 6.42 Å². The third-order valence-corrected chi connectivity index (χ3v) is 3.90. The molecule has 3 heteroatoms. The summed E-state index contributed by atoms with van der Waals surface area (Å²) in [6.07, 6.45) is 9.06. The molecule has 0 aromatic carbocycles. The van der Waals surface area contributed by atoms with Crippen molar-refractivity contribution in [2.24, 2.45) is 17.3 Å². The van der Waals surface area contributed by atoms with Crippen molar-refractivity contribution in [1.29, 1.82) is 0 Å². The number of hydrogen-bond acceptors (Lipinski definition) is 2. The van der Waals surface area contributed by atoms with Crippen molar-refractivity contribution in [3.05, 3.63) is 23.6 Å². The highest BCUT2D eigenvalue weighted by Crippen LogP contribution is 2.60. The van der Waals surface area contributed by atoms with Crippen LogP contribution in [0.4, 0.5) is 4.39 Å². The van der Waals surface area contributed by atoms with Gasteiger partial charge in [0.2, 0.25) is 0 Å². The molecule has 3 atom stereocenters. The number of terminal acetylenes is 1. The Morgan fingerprint density at radius 1 is 1.50 bits per heavy atom. The number of allylic oxidation sites excluding steroid dienone is 3. The Morgan fingerprint density at radius 3 is 2.55 bits per heavy atom. The van der Waals surface area contributed by atoms with E-state index in [2.05, 4.69) is 5.92 Å². The normalized spacial score (nSPS) is 26.6. The molecule has 0 radical (unpaired) electrons. The predicted octanol–water partition coefficient (Wildman–Crippen LogP) is 4.03. The molecule has 2 nitrogen and oxygen atoms in total. The Kier molecular flexibility index (Phi) is 5.16. The third-order valence-electron chi connectivity index (χ3n) is 3.90. The Balaban J connectivity index is 2.76. The van der Waals surface area contributed by atoms with Gasteiger partial charge in [0.05, 0.1) is 11.7 Å². The second-order valence-electron chi connectivity index (χ2n) is 5.92. The average Bonchev–Trinajstić information content (AvgIpc) is 2.86. The lowest BCUT2D eigenvalue weighted by Crippen LogP contribution is -2.20. The number of carbonyl (C=O) groups is 1. The van der Waals surface area contributed by atoms with E-state index in [9.17, 15) is 9.18 Å². The van der Waals surface area contributed by atoms with E-state index in [1.54, 1.807) is 0 Å². The van der Waals surface area contributed by atoms with Crippen LogP contribution in [0.5, 0.6) is 0 Å². The first-order chi connectivity index (χ1) is 9.25. The molecular weight excluding hydrogens is 255 g/mol. The van der Waals surface area contributed by atoms with Gasteiger partial charge in [-0.25, -0.2) is 4.39 Å². The highest BCUT2D eigenvalue weighted by molar-refractivity contribution is 5.79. The smallest absolute Gasteiger partial charge is 0.311 e. The van der Waals surface area contributed by atoms with Crippen molar-refractivity contribution >= 4 is 5.97 Å². The van der Waals surface area contributed by atoms with Crippen LogP contribution in [0.2, 0.25) is 0 Å². The largest absolute Gasteiger partial charge is 0.444 e. The van der Waals surface area contributed by atoms with Crippen molar-refractivity contribution in [3.8, 4) is 12.3 Å². The quantitative estimate of drug-likeness (QED) is 0.431. The van der Waals surface area contributed by atoms with Crippen LogP contribution >= 0.6 is 0 Å². The van der Waals surface area contributed by atoms with Crippen LogP contribution < -0.4 is 0 Å². The van der Waals surface area contributed by atoms with Gasteiger partial charge in [-0.3, -0.25) is 4.79 Å². The van der Waals surface area contributed by atoms with Crippen molar-refractivity contribution in [2.45, 2.75) is 47.1 Å². The number of carbonyl (C=O) groups excluding carboxylic acids is 1. The summed E-state index contributed by atoms with van der Waals surface area (Å²) in [7, 11) is 0. The SMILES string of the molecule is C#CC(OC(=O)[C@@H]1[C@@H](C=C(C)F)C1(C)C)C(C)=CCC. The lowest BCUT2D eigenvalue weighted by Gasteiger charge is -2.13. The van der Waals surface area contributed by atoms with E-state index in [1.807, 2.05) is 33.8 Å². The molecule has 1 fully saturated rings. The zero-order chi connectivity index (χ0) is 15.5. The van der Waals surface area contributed by atoms with E-state index in [0.29, 0.717) is 0 Å². The van der Waals surface area contributed by atoms with Crippen LogP contribution in [-0.2, 0) is 9.53 Å². The van der Waals surface area contributed by atoms with Gasteiger partial charge < -0.3 is 4.74 Å². The zero-order valence-corrected chi connectivity index (χ0v) is 12.9. The second-order valence-corrected chi connectivity index (χ2v) is 5.92. The van der Waals surface area contributed by atoms with Crippen LogP contribution in [0.15, 0.2) is 23.6 Å². The topological polar surface area (TPSA) is 26.3 Å². The molecule has 0 heterocycles. The van der Waals surface area contributed by atoms with Crippen LogP contribution in [0.25, 0.3) is 0 Å². The molecule has 0 saturated heterocycles. The van der Waals surface area contributed by atoms with Crippen molar-refractivity contribution in [3.63, 3.8) is 0 Å². The molecule has 0 spiro atoms. The molecule has 0 aromatic heterocycles. The summed E-state index contributed by atoms with van der Waals surface area (Å²) in [6, 6.07) is 0. The van der Waals surface area contributed by atoms with Crippen LogP contribution in [0.1, 0.15) is 41.0 Å². The van der Waals surface area contributed by atoms with E-state index < -0.39 is 6.10 Å². The van der Waals surface area contributed by atoms with Crippen LogP contribution in [0.3, 0.4) is 0 Å².